The molecule has 0 aliphatic carbocycles. The highest BCUT2D eigenvalue weighted by atomic mass is 79.9. The van der Waals surface area contributed by atoms with Crippen molar-refractivity contribution in [3.63, 3.8) is 0 Å². The molecule has 2 aromatic carbocycles. The Morgan fingerprint density at radius 2 is 1.81 bits per heavy atom. The van der Waals surface area contributed by atoms with Gasteiger partial charge in [-0.15, -0.1) is 11.3 Å². The normalized spacial score (nSPS) is 11.3. The molecule has 0 saturated heterocycles. The average molecular weight is 376 g/mol. The summed E-state index contributed by atoms with van der Waals surface area (Å²) < 4.78 is 3.28. The molecule has 0 radical (unpaired) electrons. The van der Waals surface area contributed by atoms with Crippen molar-refractivity contribution in [2.75, 3.05) is 0 Å². The zero-order valence-corrected chi connectivity index (χ0v) is 13.8. The SMILES string of the molecule is Clc1nc(-c2ccccc2)c2sc3ccc(Br)cc3c2n1. The predicted octanol–water partition coefficient (Wildman–Crippen LogP) is 5.93. The van der Waals surface area contributed by atoms with Crippen LogP contribution in [-0.4, -0.2) is 9.97 Å². The maximum Gasteiger partial charge on any atom is 0.223 e. The third-order valence-corrected chi connectivity index (χ3v) is 5.12. The van der Waals surface area contributed by atoms with Crippen LogP contribution in [0.5, 0.6) is 0 Å². The minimum absolute atomic E-state index is 0.279. The summed E-state index contributed by atoms with van der Waals surface area (Å²) in [5.74, 6) is 0. The fourth-order valence-corrected chi connectivity index (χ4v) is 4.04. The Bertz CT molecular complexity index is 966. The molecule has 0 unspecified atom stereocenters. The molecule has 2 heterocycles. The molecule has 0 N–H and O–H groups in total. The van der Waals surface area contributed by atoms with Gasteiger partial charge < -0.3 is 0 Å². The van der Waals surface area contributed by atoms with Crippen molar-refractivity contribution < 1.29 is 0 Å². The van der Waals surface area contributed by atoms with Crippen LogP contribution in [0.25, 0.3) is 31.6 Å². The van der Waals surface area contributed by atoms with Gasteiger partial charge in [0.25, 0.3) is 0 Å². The van der Waals surface area contributed by atoms with E-state index in [1.54, 1.807) is 11.3 Å². The Morgan fingerprint density at radius 3 is 2.62 bits per heavy atom. The smallest absolute Gasteiger partial charge is 0.216 e. The molecule has 0 fully saturated rings. The monoisotopic (exact) mass is 374 g/mol. The van der Waals surface area contributed by atoms with Crippen LogP contribution in [0, 0.1) is 0 Å². The second-order valence-electron chi connectivity index (χ2n) is 4.63. The molecule has 2 aromatic heterocycles. The summed E-state index contributed by atoms with van der Waals surface area (Å²) in [6.45, 7) is 0. The Hall–Kier alpha value is -1.49. The summed E-state index contributed by atoms with van der Waals surface area (Å²) in [5, 5.41) is 1.38. The summed E-state index contributed by atoms with van der Waals surface area (Å²) in [6.07, 6.45) is 0. The predicted molar refractivity (Wildman–Crippen MR) is 93.1 cm³/mol. The molecular formula is C16H8BrClN2S. The van der Waals surface area contributed by atoms with E-state index in [0.717, 1.165) is 31.3 Å². The van der Waals surface area contributed by atoms with Crippen LogP contribution < -0.4 is 0 Å². The highest BCUT2D eigenvalue weighted by Gasteiger charge is 2.14. The van der Waals surface area contributed by atoms with Gasteiger partial charge in [0.05, 0.1) is 15.9 Å². The van der Waals surface area contributed by atoms with Crippen molar-refractivity contribution in [1.29, 1.82) is 0 Å². The number of rotatable bonds is 1. The first-order valence-corrected chi connectivity index (χ1v) is 8.32. The molecule has 4 rings (SSSR count). The number of hydrogen-bond donors (Lipinski definition) is 0. The van der Waals surface area contributed by atoms with E-state index >= 15 is 0 Å². The maximum atomic E-state index is 6.14. The molecular weight excluding hydrogens is 368 g/mol. The number of benzene rings is 2. The number of aromatic nitrogens is 2. The van der Waals surface area contributed by atoms with E-state index in [4.69, 9.17) is 11.6 Å². The molecule has 21 heavy (non-hydrogen) atoms. The molecule has 4 aromatic rings. The molecule has 5 heteroatoms. The molecule has 0 bridgehead atoms. The lowest BCUT2D eigenvalue weighted by Gasteiger charge is -2.02. The van der Waals surface area contributed by atoms with Crippen LogP contribution in [0.2, 0.25) is 5.28 Å². The second-order valence-corrected chi connectivity index (χ2v) is 6.93. The number of halogens is 2. The van der Waals surface area contributed by atoms with Gasteiger partial charge in [-0.1, -0.05) is 46.3 Å². The summed E-state index contributed by atoms with van der Waals surface area (Å²) in [7, 11) is 0. The van der Waals surface area contributed by atoms with Gasteiger partial charge in [0.1, 0.15) is 0 Å². The molecule has 0 spiro atoms. The summed E-state index contributed by atoms with van der Waals surface area (Å²) in [5.41, 5.74) is 2.86. The van der Waals surface area contributed by atoms with Gasteiger partial charge >= 0.3 is 0 Å². The molecule has 0 amide bonds. The van der Waals surface area contributed by atoms with Crippen molar-refractivity contribution >= 4 is 59.2 Å². The van der Waals surface area contributed by atoms with Crippen LogP contribution in [-0.2, 0) is 0 Å². The first kappa shape index (κ1) is 13.2. The number of thiophene rings is 1. The number of hydrogen-bond acceptors (Lipinski definition) is 3. The van der Waals surface area contributed by atoms with Gasteiger partial charge in [0, 0.05) is 20.1 Å². The van der Waals surface area contributed by atoms with Gasteiger partial charge in [-0.05, 0) is 29.8 Å². The van der Waals surface area contributed by atoms with E-state index < -0.39 is 0 Å². The summed E-state index contributed by atoms with van der Waals surface area (Å²) >= 11 is 11.4. The van der Waals surface area contributed by atoms with Crippen molar-refractivity contribution in [2.45, 2.75) is 0 Å². The van der Waals surface area contributed by atoms with Crippen LogP contribution in [0.4, 0.5) is 0 Å². The highest BCUT2D eigenvalue weighted by molar-refractivity contribution is 9.10. The van der Waals surface area contributed by atoms with Gasteiger partial charge in [-0.3, -0.25) is 0 Å². The van der Waals surface area contributed by atoms with Gasteiger partial charge in [0.15, 0.2) is 0 Å². The fraction of sp³-hybridized carbons (Fsp3) is 0. The van der Waals surface area contributed by atoms with Gasteiger partial charge in [-0.2, -0.15) is 0 Å². The highest BCUT2D eigenvalue weighted by Crippen LogP contribution is 2.39. The third-order valence-electron chi connectivity index (χ3n) is 3.29. The summed E-state index contributed by atoms with van der Waals surface area (Å²) in [4.78, 5) is 8.88. The Labute approximate surface area is 138 Å². The standard InChI is InChI=1S/C16H8BrClN2S/c17-10-6-7-12-11(8-10)14-15(21-12)13(19-16(18)20-14)9-4-2-1-3-5-9/h1-8H. The fourth-order valence-electron chi connectivity index (χ4n) is 2.38. The Kier molecular flexibility index (Phi) is 3.17. The quantitative estimate of drug-likeness (QED) is 0.385. The molecule has 0 aliphatic rings. The average Bonchev–Trinajstić information content (AvgIpc) is 2.85. The second kappa shape index (κ2) is 5.05. The van der Waals surface area contributed by atoms with Gasteiger partial charge in [0.2, 0.25) is 5.28 Å². The van der Waals surface area contributed by atoms with Gasteiger partial charge in [-0.25, -0.2) is 9.97 Å². The Balaban J connectivity index is 2.15. The first-order chi connectivity index (χ1) is 10.2. The zero-order chi connectivity index (χ0) is 14.4. The van der Waals surface area contributed by atoms with E-state index in [-0.39, 0.29) is 5.28 Å². The van der Waals surface area contributed by atoms with Crippen LogP contribution >= 0.6 is 38.9 Å². The molecule has 102 valence electrons. The van der Waals surface area contributed by atoms with Crippen molar-refractivity contribution in [2.24, 2.45) is 0 Å². The zero-order valence-electron chi connectivity index (χ0n) is 10.7. The van der Waals surface area contributed by atoms with E-state index in [1.165, 1.54) is 4.70 Å². The number of fused-ring (bicyclic) bond motifs is 3. The molecule has 2 nitrogen and oxygen atoms in total. The van der Waals surface area contributed by atoms with Crippen molar-refractivity contribution in [1.82, 2.24) is 9.97 Å². The lowest BCUT2D eigenvalue weighted by molar-refractivity contribution is 1.24. The molecule has 0 aliphatic heterocycles. The minimum atomic E-state index is 0.279. The van der Waals surface area contributed by atoms with E-state index in [1.807, 2.05) is 36.4 Å². The lowest BCUT2D eigenvalue weighted by atomic mass is 10.1. The topological polar surface area (TPSA) is 25.8 Å². The van der Waals surface area contributed by atoms with Crippen LogP contribution in [0.15, 0.2) is 53.0 Å². The van der Waals surface area contributed by atoms with E-state index in [9.17, 15) is 0 Å². The van der Waals surface area contributed by atoms with E-state index in [2.05, 4.69) is 38.0 Å². The molecule has 0 atom stereocenters. The minimum Gasteiger partial charge on any atom is -0.216 e. The third kappa shape index (κ3) is 2.24. The van der Waals surface area contributed by atoms with Crippen LogP contribution in [0.1, 0.15) is 0 Å². The number of nitrogens with zero attached hydrogens (tertiary/aromatic N) is 2. The van der Waals surface area contributed by atoms with Crippen molar-refractivity contribution in [3.05, 3.63) is 58.3 Å². The van der Waals surface area contributed by atoms with E-state index in [0.29, 0.717) is 0 Å². The van der Waals surface area contributed by atoms with Crippen LogP contribution in [0.3, 0.4) is 0 Å². The summed E-state index contributed by atoms with van der Waals surface area (Å²) in [6, 6.07) is 16.3. The Morgan fingerprint density at radius 1 is 1.00 bits per heavy atom. The first-order valence-electron chi connectivity index (χ1n) is 6.33. The lowest BCUT2D eigenvalue weighted by Crippen LogP contribution is -1.88. The van der Waals surface area contributed by atoms with Crippen molar-refractivity contribution in [3.8, 4) is 11.3 Å². The largest absolute Gasteiger partial charge is 0.223 e. The molecule has 0 saturated carbocycles. The maximum absolute atomic E-state index is 6.14.